The molecule has 100 valence electrons. The summed E-state index contributed by atoms with van der Waals surface area (Å²) in [4.78, 5) is 0.0843. The quantitative estimate of drug-likeness (QED) is 0.746. The first-order valence-electron chi connectivity index (χ1n) is 5.37. The van der Waals surface area contributed by atoms with Crippen LogP contribution in [0.3, 0.4) is 0 Å². The zero-order valence-corrected chi connectivity index (χ0v) is 11.2. The Morgan fingerprint density at radius 1 is 1.22 bits per heavy atom. The van der Waals surface area contributed by atoms with E-state index in [0.717, 1.165) is 0 Å². The molecule has 2 rings (SSSR count). The minimum atomic E-state index is -3.68. The minimum absolute atomic E-state index is 0.0297. The zero-order valence-electron chi connectivity index (χ0n) is 9.53. The number of anilines is 1. The van der Waals surface area contributed by atoms with E-state index in [1.807, 2.05) is 0 Å². The van der Waals surface area contributed by atoms with Crippen molar-refractivity contribution >= 4 is 25.5 Å². The van der Waals surface area contributed by atoms with Gasteiger partial charge in [0.05, 0.1) is 16.4 Å². The predicted molar refractivity (Wildman–Crippen MR) is 68.2 cm³/mol. The maximum absolute atomic E-state index is 12.0. The standard InChI is InChI=1S/C10H14N2O4S2/c11-8-1-3-10(4-2-8)18(15,16)12-9-5-6-17(13,14)7-9/h1-4,9,12H,5-7,11H2. The Labute approximate surface area is 106 Å². The molecule has 1 aromatic rings. The van der Waals surface area contributed by atoms with Gasteiger partial charge in [0.25, 0.3) is 0 Å². The van der Waals surface area contributed by atoms with Crippen LogP contribution in [0.4, 0.5) is 5.69 Å². The van der Waals surface area contributed by atoms with Gasteiger partial charge in [0.2, 0.25) is 10.0 Å². The first kappa shape index (κ1) is 13.3. The lowest BCUT2D eigenvalue weighted by atomic mass is 10.3. The van der Waals surface area contributed by atoms with E-state index in [1.54, 1.807) is 0 Å². The first-order valence-corrected chi connectivity index (χ1v) is 8.67. The Balaban J connectivity index is 2.16. The monoisotopic (exact) mass is 290 g/mol. The largest absolute Gasteiger partial charge is 0.399 e. The van der Waals surface area contributed by atoms with Gasteiger partial charge in [-0.2, -0.15) is 0 Å². The van der Waals surface area contributed by atoms with Crippen LogP contribution in [-0.4, -0.2) is 34.4 Å². The highest BCUT2D eigenvalue weighted by Gasteiger charge is 2.31. The number of sulfonamides is 1. The molecule has 18 heavy (non-hydrogen) atoms. The molecule has 0 aromatic heterocycles. The van der Waals surface area contributed by atoms with Crippen LogP contribution >= 0.6 is 0 Å². The molecule has 3 N–H and O–H groups in total. The van der Waals surface area contributed by atoms with Crippen LogP contribution in [0, 0.1) is 0 Å². The van der Waals surface area contributed by atoms with Crippen LogP contribution in [0.2, 0.25) is 0 Å². The predicted octanol–water partition coefficient (Wildman–Crippen LogP) is -0.266. The number of hydrogen-bond acceptors (Lipinski definition) is 5. The molecule has 1 aromatic carbocycles. The molecule has 0 radical (unpaired) electrons. The second-order valence-electron chi connectivity index (χ2n) is 4.29. The molecule has 0 spiro atoms. The summed E-state index contributed by atoms with van der Waals surface area (Å²) in [6.07, 6.45) is 0.316. The number of nitrogens with two attached hydrogens (primary N) is 1. The zero-order chi connectivity index (χ0) is 13.4. The average Bonchev–Trinajstić information content (AvgIpc) is 2.57. The first-order chi connectivity index (χ1) is 8.28. The topological polar surface area (TPSA) is 106 Å². The van der Waals surface area contributed by atoms with Crippen LogP contribution in [-0.2, 0) is 19.9 Å². The Bertz CT molecular complexity index is 635. The highest BCUT2D eigenvalue weighted by Crippen LogP contribution is 2.16. The Morgan fingerprint density at radius 3 is 2.33 bits per heavy atom. The van der Waals surface area contributed by atoms with E-state index in [4.69, 9.17) is 5.73 Å². The highest BCUT2D eigenvalue weighted by molar-refractivity contribution is 7.92. The summed E-state index contributed by atoms with van der Waals surface area (Å²) in [5, 5.41) is 0. The SMILES string of the molecule is Nc1ccc(S(=O)(=O)NC2CCS(=O)(=O)C2)cc1. The van der Waals surface area contributed by atoms with Crippen molar-refractivity contribution in [3.8, 4) is 0 Å². The minimum Gasteiger partial charge on any atom is -0.399 e. The molecule has 1 fully saturated rings. The molecular weight excluding hydrogens is 276 g/mol. The Kier molecular flexibility index (Phi) is 3.35. The van der Waals surface area contributed by atoms with Crippen molar-refractivity contribution in [1.82, 2.24) is 4.72 Å². The van der Waals surface area contributed by atoms with Gasteiger partial charge in [-0.25, -0.2) is 21.6 Å². The third-order valence-electron chi connectivity index (χ3n) is 2.74. The van der Waals surface area contributed by atoms with Crippen molar-refractivity contribution < 1.29 is 16.8 Å². The van der Waals surface area contributed by atoms with Crippen molar-refractivity contribution in [2.45, 2.75) is 17.4 Å². The van der Waals surface area contributed by atoms with Gasteiger partial charge in [0.1, 0.15) is 0 Å². The summed E-state index contributed by atoms with van der Waals surface area (Å²) in [7, 11) is -6.78. The molecule has 0 bridgehead atoms. The molecule has 1 heterocycles. The molecule has 1 atom stereocenters. The number of sulfone groups is 1. The molecule has 0 amide bonds. The van der Waals surface area contributed by atoms with Crippen molar-refractivity contribution in [1.29, 1.82) is 0 Å². The second-order valence-corrected chi connectivity index (χ2v) is 8.23. The highest BCUT2D eigenvalue weighted by atomic mass is 32.2. The molecule has 8 heteroatoms. The average molecular weight is 290 g/mol. The van der Waals surface area contributed by atoms with Crippen LogP contribution in [0.15, 0.2) is 29.2 Å². The van der Waals surface area contributed by atoms with E-state index in [9.17, 15) is 16.8 Å². The van der Waals surface area contributed by atoms with Gasteiger partial charge in [-0.05, 0) is 30.7 Å². The molecule has 0 aliphatic carbocycles. The van der Waals surface area contributed by atoms with E-state index in [1.165, 1.54) is 24.3 Å². The molecule has 1 aliphatic rings. The van der Waals surface area contributed by atoms with Crippen LogP contribution in [0.5, 0.6) is 0 Å². The molecule has 6 nitrogen and oxygen atoms in total. The fourth-order valence-electron chi connectivity index (χ4n) is 1.82. The Hall–Kier alpha value is -1.12. The molecule has 1 unspecified atom stereocenters. The summed E-state index contributed by atoms with van der Waals surface area (Å²) >= 11 is 0. The second kappa shape index (κ2) is 4.52. The fourth-order valence-corrected chi connectivity index (χ4v) is 4.87. The van der Waals surface area contributed by atoms with Crippen LogP contribution in [0.1, 0.15) is 6.42 Å². The summed E-state index contributed by atoms with van der Waals surface area (Å²) in [5.74, 6) is -0.108. The van der Waals surface area contributed by atoms with Gasteiger partial charge in [-0.15, -0.1) is 0 Å². The van der Waals surface area contributed by atoms with Gasteiger partial charge in [-0.3, -0.25) is 0 Å². The number of benzene rings is 1. The van der Waals surface area contributed by atoms with Crippen molar-refractivity contribution in [3.63, 3.8) is 0 Å². The van der Waals surface area contributed by atoms with Crippen molar-refractivity contribution in [2.24, 2.45) is 0 Å². The number of nitrogen functional groups attached to an aromatic ring is 1. The lowest BCUT2D eigenvalue weighted by Crippen LogP contribution is -2.35. The summed E-state index contributed by atoms with van der Waals surface area (Å²) in [5.41, 5.74) is 5.94. The smallest absolute Gasteiger partial charge is 0.240 e. The van der Waals surface area contributed by atoms with E-state index >= 15 is 0 Å². The van der Waals surface area contributed by atoms with Gasteiger partial charge in [0.15, 0.2) is 9.84 Å². The van der Waals surface area contributed by atoms with Crippen LogP contribution < -0.4 is 10.5 Å². The molecule has 0 saturated carbocycles. The van der Waals surface area contributed by atoms with Crippen LogP contribution in [0.25, 0.3) is 0 Å². The van der Waals surface area contributed by atoms with E-state index in [-0.39, 0.29) is 16.4 Å². The summed E-state index contributed by atoms with van der Waals surface area (Å²) in [6, 6.07) is 5.21. The van der Waals surface area contributed by atoms with E-state index in [0.29, 0.717) is 12.1 Å². The summed E-state index contributed by atoms with van der Waals surface area (Å²) < 4.78 is 48.8. The van der Waals surface area contributed by atoms with Crippen molar-refractivity contribution in [3.05, 3.63) is 24.3 Å². The normalized spacial score (nSPS) is 23.0. The van der Waals surface area contributed by atoms with Gasteiger partial charge < -0.3 is 5.73 Å². The number of nitrogens with one attached hydrogen (secondary N) is 1. The molecule has 1 saturated heterocycles. The molecule has 1 aliphatic heterocycles. The third kappa shape index (κ3) is 3.01. The maximum atomic E-state index is 12.0. The van der Waals surface area contributed by atoms with Gasteiger partial charge >= 0.3 is 0 Å². The Morgan fingerprint density at radius 2 is 1.83 bits per heavy atom. The lowest BCUT2D eigenvalue weighted by Gasteiger charge is -2.11. The summed E-state index contributed by atoms with van der Waals surface area (Å²) in [6.45, 7) is 0. The number of hydrogen-bond donors (Lipinski definition) is 2. The maximum Gasteiger partial charge on any atom is 0.240 e. The fraction of sp³-hybridized carbons (Fsp3) is 0.400. The molecular formula is C10H14N2O4S2. The van der Waals surface area contributed by atoms with Crippen molar-refractivity contribution in [2.75, 3.05) is 17.2 Å². The van der Waals surface area contributed by atoms with E-state index < -0.39 is 25.9 Å². The lowest BCUT2D eigenvalue weighted by molar-refractivity contribution is 0.562. The third-order valence-corrected chi connectivity index (χ3v) is 6.05. The van der Waals surface area contributed by atoms with E-state index in [2.05, 4.69) is 4.72 Å². The van der Waals surface area contributed by atoms with Gasteiger partial charge in [-0.1, -0.05) is 0 Å². The number of rotatable bonds is 3. The van der Waals surface area contributed by atoms with Gasteiger partial charge in [0, 0.05) is 11.7 Å².